The Labute approximate surface area is 141 Å². The normalized spacial score (nSPS) is 12.8. The summed E-state index contributed by atoms with van der Waals surface area (Å²) in [6, 6.07) is 2.04. The third kappa shape index (κ3) is 2.87. The van der Waals surface area contributed by atoms with Crippen LogP contribution in [-0.4, -0.2) is 7.05 Å². The maximum atomic E-state index is 6.38. The highest BCUT2D eigenvalue weighted by Gasteiger charge is 2.23. The standard InChI is InChI=1S/C17H21Cl2NS/c1-8-9(2)11(4)15(12(5)10(8)3)16(20-6)13-7-14(18)21-17(13)19/h7,16,20H,1-6H3. The molecule has 0 bridgehead atoms. The van der Waals surface area contributed by atoms with E-state index in [1.807, 2.05) is 13.1 Å². The number of rotatable bonds is 3. The first kappa shape index (κ1) is 16.8. The molecule has 0 aliphatic carbocycles. The molecule has 1 nitrogen and oxygen atoms in total. The van der Waals surface area contributed by atoms with E-state index in [1.54, 1.807) is 0 Å². The smallest absolute Gasteiger partial charge is 0.0995 e. The zero-order valence-corrected chi connectivity index (χ0v) is 15.6. The summed E-state index contributed by atoms with van der Waals surface area (Å²) in [7, 11) is 1.97. The topological polar surface area (TPSA) is 12.0 Å². The Balaban J connectivity index is 2.72. The van der Waals surface area contributed by atoms with Crippen molar-refractivity contribution in [2.75, 3.05) is 7.05 Å². The van der Waals surface area contributed by atoms with E-state index < -0.39 is 0 Å². The Morgan fingerprint density at radius 2 is 1.38 bits per heavy atom. The average molecular weight is 342 g/mol. The van der Waals surface area contributed by atoms with Crippen molar-refractivity contribution in [1.82, 2.24) is 5.32 Å². The number of hydrogen-bond acceptors (Lipinski definition) is 2. The van der Waals surface area contributed by atoms with Gasteiger partial charge < -0.3 is 5.32 Å². The summed E-state index contributed by atoms with van der Waals surface area (Å²) < 4.78 is 1.49. The Morgan fingerprint density at radius 1 is 0.905 bits per heavy atom. The van der Waals surface area contributed by atoms with Gasteiger partial charge in [0.05, 0.1) is 14.7 Å². The lowest BCUT2D eigenvalue weighted by atomic mass is 9.84. The van der Waals surface area contributed by atoms with Gasteiger partial charge in [0.2, 0.25) is 0 Å². The van der Waals surface area contributed by atoms with Crippen LogP contribution in [0.2, 0.25) is 8.67 Å². The van der Waals surface area contributed by atoms with Crippen LogP contribution < -0.4 is 5.32 Å². The SMILES string of the molecule is CNC(c1cc(Cl)sc1Cl)c1c(C)c(C)c(C)c(C)c1C. The molecule has 114 valence electrons. The summed E-state index contributed by atoms with van der Waals surface area (Å²) in [4.78, 5) is 0. The average Bonchev–Trinajstić information content (AvgIpc) is 2.78. The van der Waals surface area contributed by atoms with Gasteiger partial charge in [0.25, 0.3) is 0 Å². The molecular weight excluding hydrogens is 321 g/mol. The minimum Gasteiger partial charge on any atom is -0.309 e. The summed E-state index contributed by atoms with van der Waals surface area (Å²) in [6.07, 6.45) is 0. The van der Waals surface area contributed by atoms with Crippen molar-refractivity contribution in [3.05, 3.63) is 53.7 Å². The lowest BCUT2D eigenvalue weighted by molar-refractivity contribution is 0.683. The Kier molecular flexibility index (Phi) is 5.04. The van der Waals surface area contributed by atoms with Crippen molar-refractivity contribution in [2.24, 2.45) is 0 Å². The van der Waals surface area contributed by atoms with Crippen LogP contribution in [0.25, 0.3) is 0 Å². The van der Waals surface area contributed by atoms with E-state index in [0.717, 1.165) is 14.2 Å². The van der Waals surface area contributed by atoms with Gasteiger partial charge in [-0.1, -0.05) is 23.2 Å². The molecular formula is C17H21Cl2NS. The second-order valence-corrected chi connectivity index (χ2v) is 7.83. The number of benzene rings is 1. The largest absolute Gasteiger partial charge is 0.309 e. The molecule has 1 unspecified atom stereocenters. The van der Waals surface area contributed by atoms with Crippen molar-refractivity contribution < 1.29 is 0 Å². The maximum Gasteiger partial charge on any atom is 0.0995 e. The predicted molar refractivity (Wildman–Crippen MR) is 95.4 cm³/mol. The molecule has 0 saturated heterocycles. The Morgan fingerprint density at radius 3 is 1.76 bits per heavy atom. The number of halogens is 2. The highest BCUT2D eigenvalue weighted by Crippen LogP contribution is 2.40. The molecule has 2 rings (SSSR count). The van der Waals surface area contributed by atoms with Crippen LogP contribution in [0.1, 0.15) is 45.0 Å². The molecule has 4 heteroatoms. The first-order valence-corrected chi connectivity index (χ1v) is 8.55. The van der Waals surface area contributed by atoms with Crippen LogP contribution in [0.3, 0.4) is 0 Å². The van der Waals surface area contributed by atoms with Crippen LogP contribution in [0.15, 0.2) is 6.07 Å². The molecule has 0 aliphatic heterocycles. The minimum absolute atomic E-state index is 0.0687. The molecule has 2 aromatic rings. The zero-order valence-electron chi connectivity index (χ0n) is 13.3. The minimum atomic E-state index is 0.0687. The van der Waals surface area contributed by atoms with Crippen LogP contribution in [0.5, 0.6) is 0 Å². The van der Waals surface area contributed by atoms with E-state index in [0.29, 0.717) is 0 Å². The first-order valence-electron chi connectivity index (χ1n) is 6.98. The predicted octanol–water partition coefficient (Wildman–Crippen LogP) is 5.91. The van der Waals surface area contributed by atoms with E-state index in [-0.39, 0.29) is 6.04 Å². The van der Waals surface area contributed by atoms with Gasteiger partial charge in [0.1, 0.15) is 0 Å². The highest BCUT2D eigenvalue weighted by atomic mass is 35.5. The second-order valence-electron chi connectivity index (χ2n) is 5.54. The first-order chi connectivity index (χ1) is 9.79. The molecule has 1 atom stereocenters. The van der Waals surface area contributed by atoms with Crippen molar-refractivity contribution >= 4 is 34.5 Å². The quantitative estimate of drug-likeness (QED) is 0.731. The number of thiophene rings is 1. The zero-order chi connectivity index (χ0) is 15.9. The van der Waals surface area contributed by atoms with Crippen LogP contribution >= 0.6 is 34.5 Å². The van der Waals surface area contributed by atoms with Crippen molar-refractivity contribution in [1.29, 1.82) is 0 Å². The summed E-state index contributed by atoms with van der Waals surface area (Å²) in [5.41, 5.74) is 9.11. The van der Waals surface area contributed by atoms with Crippen molar-refractivity contribution in [2.45, 2.75) is 40.7 Å². The molecule has 1 N–H and O–H groups in total. The Hall–Kier alpha value is -0.540. The van der Waals surface area contributed by atoms with Crippen LogP contribution in [0.4, 0.5) is 0 Å². The fraction of sp³-hybridized carbons (Fsp3) is 0.412. The van der Waals surface area contributed by atoms with E-state index in [9.17, 15) is 0 Å². The lowest BCUT2D eigenvalue weighted by Gasteiger charge is -2.25. The van der Waals surface area contributed by atoms with Gasteiger partial charge >= 0.3 is 0 Å². The molecule has 0 saturated carbocycles. The summed E-state index contributed by atoms with van der Waals surface area (Å²) >= 11 is 13.9. The van der Waals surface area contributed by atoms with Gasteiger partial charge in [-0.2, -0.15) is 0 Å². The van der Waals surface area contributed by atoms with Crippen molar-refractivity contribution in [3.8, 4) is 0 Å². The van der Waals surface area contributed by atoms with Gasteiger partial charge in [-0.25, -0.2) is 0 Å². The molecule has 0 radical (unpaired) electrons. The molecule has 0 aliphatic rings. The van der Waals surface area contributed by atoms with Crippen LogP contribution in [0, 0.1) is 34.6 Å². The molecule has 1 heterocycles. The molecule has 21 heavy (non-hydrogen) atoms. The van der Waals surface area contributed by atoms with Gasteiger partial charge in [-0.05, 0) is 81.1 Å². The third-order valence-electron chi connectivity index (χ3n) is 4.63. The van der Waals surface area contributed by atoms with E-state index in [4.69, 9.17) is 23.2 Å². The van der Waals surface area contributed by atoms with Gasteiger partial charge in [0, 0.05) is 5.56 Å². The molecule has 0 spiro atoms. The summed E-state index contributed by atoms with van der Waals surface area (Å²) in [6.45, 7) is 11.0. The Bertz CT molecular complexity index is 660. The second kappa shape index (κ2) is 6.29. The van der Waals surface area contributed by atoms with E-state index in [1.165, 1.54) is 44.7 Å². The van der Waals surface area contributed by atoms with Gasteiger partial charge in [-0.3, -0.25) is 0 Å². The molecule has 0 fully saturated rings. The maximum absolute atomic E-state index is 6.38. The van der Waals surface area contributed by atoms with Crippen molar-refractivity contribution in [3.63, 3.8) is 0 Å². The number of hydrogen-bond donors (Lipinski definition) is 1. The number of nitrogens with one attached hydrogen (secondary N) is 1. The summed E-state index contributed by atoms with van der Waals surface area (Å²) in [5, 5.41) is 3.41. The lowest BCUT2D eigenvalue weighted by Crippen LogP contribution is -2.21. The molecule has 1 aromatic carbocycles. The fourth-order valence-electron chi connectivity index (χ4n) is 2.97. The van der Waals surface area contributed by atoms with Gasteiger partial charge in [0.15, 0.2) is 0 Å². The van der Waals surface area contributed by atoms with Gasteiger partial charge in [-0.15, -0.1) is 11.3 Å². The molecule has 1 aromatic heterocycles. The van der Waals surface area contributed by atoms with E-state index in [2.05, 4.69) is 39.9 Å². The summed E-state index contributed by atoms with van der Waals surface area (Å²) in [5.74, 6) is 0. The third-order valence-corrected chi connectivity index (χ3v) is 6.15. The van der Waals surface area contributed by atoms with Crippen LogP contribution in [-0.2, 0) is 0 Å². The van der Waals surface area contributed by atoms with E-state index >= 15 is 0 Å². The highest BCUT2D eigenvalue weighted by molar-refractivity contribution is 7.20. The monoisotopic (exact) mass is 341 g/mol. The fourth-order valence-corrected chi connectivity index (χ4v) is 4.50. The molecule has 0 amide bonds.